The zero-order valence-corrected chi connectivity index (χ0v) is 11.1. The van der Waals surface area contributed by atoms with E-state index in [1.807, 2.05) is 17.9 Å². The van der Waals surface area contributed by atoms with E-state index in [1.165, 1.54) is 5.56 Å². The van der Waals surface area contributed by atoms with Gasteiger partial charge in [0.05, 0.1) is 6.20 Å². The summed E-state index contributed by atoms with van der Waals surface area (Å²) in [5.74, 6) is 0.638. The first kappa shape index (κ1) is 13.2. The van der Waals surface area contributed by atoms with E-state index in [-0.39, 0.29) is 0 Å². The lowest BCUT2D eigenvalue weighted by atomic mass is 10.0. The van der Waals surface area contributed by atoms with Crippen molar-refractivity contribution < 1.29 is 0 Å². The molecule has 0 aliphatic rings. The summed E-state index contributed by atoms with van der Waals surface area (Å²) in [5, 5.41) is 7.75. The predicted molar refractivity (Wildman–Crippen MR) is 67.2 cm³/mol. The van der Waals surface area contributed by atoms with E-state index in [4.69, 9.17) is 0 Å². The molecule has 4 heteroatoms. The van der Waals surface area contributed by atoms with Crippen molar-refractivity contribution in [1.29, 1.82) is 0 Å². The molecule has 0 bridgehead atoms. The molecule has 0 fully saturated rings. The zero-order valence-electron chi connectivity index (χ0n) is 11.1. The minimum absolute atomic E-state index is 0.523. The molecule has 0 aliphatic carbocycles. The third-order valence-corrected chi connectivity index (χ3v) is 2.69. The van der Waals surface area contributed by atoms with Gasteiger partial charge in [0.25, 0.3) is 0 Å². The highest BCUT2D eigenvalue weighted by atomic mass is 15.2. The predicted octanol–water partition coefficient (Wildman–Crippen LogP) is 1.10. The van der Waals surface area contributed by atoms with E-state index in [0.717, 1.165) is 13.1 Å². The van der Waals surface area contributed by atoms with Gasteiger partial charge >= 0.3 is 0 Å². The van der Waals surface area contributed by atoms with E-state index < -0.39 is 0 Å². The van der Waals surface area contributed by atoms with Gasteiger partial charge in [-0.2, -0.15) is 5.10 Å². The Hall–Kier alpha value is -0.870. The van der Waals surface area contributed by atoms with E-state index in [0.29, 0.717) is 12.0 Å². The number of aryl methyl sites for hydroxylation is 1. The number of rotatable bonds is 6. The molecule has 1 rings (SSSR count). The smallest absolute Gasteiger partial charge is 0.0534 e. The van der Waals surface area contributed by atoms with Crippen molar-refractivity contribution in [1.82, 2.24) is 20.0 Å². The Morgan fingerprint density at radius 1 is 1.44 bits per heavy atom. The molecule has 1 N–H and O–H groups in total. The summed E-state index contributed by atoms with van der Waals surface area (Å²) in [6, 6.07) is 0.523. The maximum Gasteiger partial charge on any atom is 0.0534 e. The van der Waals surface area contributed by atoms with Crippen LogP contribution in [0.2, 0.25) is 0 Å². The molecule has 0 saturated carbocycles. The summed E-state index contributed by atoms with van der Waals surface area (Å²) in [6.07, 6.45) is 3.97. The van der Waals surface area contributed by atoms with Gasteiger partial charge in [0.1, 0.15) is 0 Å². The lowest BCUT2D eigenvalue weighted by Crippen LogP contribution is -2.41. The molecule has 1 aromatic rings. The second-order valence-electron chi connectivity index (χ2n) is 5.02. The van der Waals surface area contributed by atoms with Crippen molar-refractivity contribution in [2.75, 3.05) is 20.6 Å². The van der Waals surface area contributed by atoms with Gasteiger partial charge in [-0.25, -0.2) is 0 Å². The van der Waals surface area contributed by atoms with Crippen molar-refractivity contribution in [2.45, 2.75) is 26.4 Å². The highest BCUT2D eigenvalue weighted by Gasteiger charge is 2.13. The molecule has 1 aromatic heterocycles. The Labute approximate surface area is 98.6 Å². The number of nitrogens with zero attached hydrogens (tertiary/aromatic N) is 3. The normalized spacial score (nSPS) is 13.7. The third-order valence-electron chi connectivity index (χ3n) is 2.69. The number of hydrogen-bond acceptors (Lipinski definition) is 3. The number of nitrogens with one attached hydrogen (secondary N) is 1. The second-order valence-corrected chi connectivity index (χ2v) is 5.02. The highest BCUT2D eigenvalue weighted by molar-refractivity contribution is 5.03. The summed E-state index contributed by atoms with van der Waals surface area (Å²) in [4.78, 5) is 2.22. The largest absolute Gasteiger partial charge is 0.308 e. The molecule has 1 heterocycles. The summed E-state index contributed by atoms with van der Waals surface area (Å²) >= 11 is 0. The summed E-state index contributed by atoms with van der Waals surface area (Å²) in [7, 11) is 6.17. The SMILES string of the molecule is CC(C)C(CN(C)C)NCc1cnn(C)c1. The Balaban J connectivity index is 2.43. The minimum Gasteiger partial charge on any atom is -0.308 e. The molecule has 0 aromatic carbocycles. The van der Waals surface area contributed by atoms with Crippen LogP contribution in [0, 0.1) is 5.92 Å². The Morgan fingerprint density at radius 2 is 2.12 bits per heavy atom. The summed E-state index contributed by atoms with van der Waals surface area (Å²) < 4.78 is 1.84. The van der Waals surface area contributed by atoms with Gasteiger partial charge < -0.3 is 10.2 Å². The lowest BCUT2D eigenvalue weighted by molar-refractivity contribution is 0.288. The molecule has 0 saturated heterocycles. The van der Waals surface area contributed by atoms with Crippen molar-refractivity contribution in [3.8, 4) is 0 Å². The molecule has 1 unspecified atom stereocenters. The van der Waals surface area contributed by atoms with E-state index >= 15 is 0 Å². The van der Waals surface area contributed by atoms with Crippen LogP contribution in [0.15, 0.2) is 12.4 Å². The minimum atomic E-state index is 0.523. The summed E-state index contributed by atoms with van der Waals surface area (Å²) in [5.41, 5.74) is 1.24. The molecule has 92 valence electrons. The van der Waals surface area contributed by atoms with Crippen molar-refractivity contribution in [3.63, 3.8) is 0 Å². The van der Waals surface area contributed by atoms with Crippen molar-refractivity contribution in [3.05, 3.63) is 18.0 Å². The Bertz CT molecular complexity index is 304. The average Bonchev–Trinajstić information content (AvgIpc) is 2.58. The Morgan fingerprint density at radius 3 is 2.56 bits per heavy atom. The number of likely N-dealkylation sites (N-methyl/N-ethyl adjacent to an activating group) is 1. The van der Waals surface area contributed by atoms with Crippen LogP contribution in [0.5, 0.6) is 0 Å². The highest BCUT2D eigenvalue weighted by Crippen LogP contribution is 2.04. The fraction of sp³-hybridized carbons (Fsp3) is 0.750. The second kappa shape index (κ2) is 6.01. The molecule has 16 heavy (non-hydrogen) atoms. The maximum atomic E-state index is 4.17. The molecule has 0 spiro atoms. The monoisotopic (exact) mass is 224 g/mol. The first-order valence-electron chi connectivity index (χ1n) is 5.84. The van der Waals surface area contributed by atoms with E-state index in [1.54, 1.807) is 0 Å². The first-order chi connectivity index (χ1) is 7.49. The van der Waals surface area contributed by atoms with E-state index in [2.05, 4.69) is 49.5 Å². The molecular formula is C12H24N4. The van der Waals surface area contributed by atoms with Gasteiger partial charge in [-0.1, -0.05) is 13.8 Å². The van der Waals surface area contributed by atoms with Crippen LogP contribution in [-0.2, 0) is 13.6 Å². The molecule has 0 aliphatic heterocycles. The van der Waals surface area contributed by atoms with Gasteiger partial charge in [0, 0.05) is 37.9 Å². The average molecular weight is 224 g/mol. The Kier molecular flexibility index (Phi) is 4.96. The van der Waals surface area contributed by atoms with Crippen LogP contribution in [0.1, 0.15) is 19.4 Å². The van der Waals surface area contributed by atoms with Crippen LogP contribution in [-0.4, -0.2) is 41.4 Å². The topological polar surface area (TPSA) is 33.1 Å². The fourth-order valence-electron chi connectivity index (χ4n) is 1.72. The van der Waals surface area contributed by atoms with Crippen LogP contribution < -0.4 is 5.32 Å². The fourth-order valence-corrected chi connectivity index (χ4v) is 1.72. The van der Waals surface area contributed by atoms with Gasteiger partial charge in [-0.3, -0.25) is 4.68 Å². The quantitative estimate of drug-likeness (QED) is 0.785. The van der Waals surface area contributed by atoms with Gasteiger partial charge in [0.15, 0.2) is 0 Å². The van der Waals surface area contributed by atoms with Crippen LogP contribution >= 0.6 is 0 Å². The number of hydrogen-bond donors (Lipinski definition) is 1. The van der Waals surface area contributed by atoms with Crippen LogP contribution in [0.4, 0.5) is 0 Å². The van der Waals surface area contributed by atoms with Crippen molar-refractivity contribution in [2.24, 2.45) is 13.0 Å². The molecule has 0 radical (unpaired) electrons. The van der Waals surface area contributed by atoms with Crippen LogP contribution in [0.3, 0.4) is 0 Å². The van der Waals surface area contributed by atoms with Gasteiger partial charge in [-0.05, 0) is 20.0 Å². The summed E-state index contributed by atoms with van der Waals surface area (Å²) in [6.45, 7) is 6.47. The standard InChI is InChI=1S/C12H24N4/c1-10(2)12(9-15(3)4)13-6-11-7-14-16(5)8-11/h7-8,10,12-13H,6,9H2,1-5H3. The lowest BCUT2D eigenvalue weighted by Gasteiger charge is -2.25. The molecule has 1 atom stereocenters. The third kappa shape index (κ3) is 4.33. The zero-order chi connectivity index (χ0) is 12.1. The number of aromatic nitrogens is 2. The van der Waals surface area contributed by atoms with Gasteiger partial charge in [0.2, 0.25) is 0 Å². The van der Waals surface area contributed by atoms with Crippen molar-refractivity contribution >= 4 is 0 Å². The first-order valence-corrected chi connectivity index (χ1v) is 5.84. The van der Waals surface area contributed by atoms with E-state index in [9.17, 15) is 0 Å². The maximum absolute atomic E-state index is 4.17. The molecular weight excluding hydrogens is 200 g/mol. The molecule has 4 nitrogen and oxygen atoms in total. The molecule has 0 amide bonds. The van der Waals surface area contributed by atoms with Crippen LogP contribution in [0.25, 0.3) is 0 Å². The van der Waals surface area contributed by atoms with Gasteiger partial charge in [-0.15, -0.1) is 0 Å².